The number of aliphatic hydroxyl groups is 1. The molecule has 19 heteroatoms. The summed E-state index contributed by atoms with van der Waals surface area (Å²) in [4.78, 5) is 72.7. The topological polar surface area (TPSA) is 237 Å². The molecule has 0 aliphatic rings. The van der Waals surface area contributed by atoms with Crippen LogP contribution in [0.25, 0.3) is 0 Å². The van der Waals surface area contributed by atoms with E-state index in [1.807, 2.05) is 0 Å². The number of phosphoric ester groups is 2. The van der Waals surface area contributed by atoms with Gasteiger partial charge in [0.2, 0.25) is 0 Å². The summed E-state index contributed by atoms with van der Waals surface area (Å²) < 4.78 is 68.4. The molecule has 0 aromatic rings. The highest BCUT2D eigenvalue weighted by atomic mass is 31.2. The first-order chi connectivity index (χ1) is 46.4. The zero-order valence-electron chi connectivity index (χ0n) is 62.7. The zero-order valence-corrected chi connectivity index (χ0v) is 64.5. The maximum absolute atomic E-state index is 13.1. The Balaban J connectivity index is 5.17. The summed E-state index contributed by atoms with van der Waals surface area (Å²) in [5.41, 5.74) is 0. The van der Waals surface area contributed by atoms with Crippen molar-refractivity contribution < 1.29 is 80.2 Å². The molecule has 570 valence electrons. The molecule has 0 aromatic heterocycles. The molecule has 0 rings (SSSR count). The normalized spacial score (nSPS) is 14.0. The second-order valence-electron chi connectivity index (χ2n) is 28.7. The third-order valence-corrected chi connectivity index (χ3v) is 19.9. The predicted molar refractivity (Wildman–Crippen MR) is 391 cm³/mol. The number of unbranched alkanes of at least 4 members (excludes halogenated alkanes) is 46. The number of phosphoric acid groups is 2. The molecule has 0 saturated heterocycles. The van der Waals surface area contributed by atoms with Gasteiger partial charge >= 0.3 is 39.5 Å². The quantitative estimate of drug-likeness (QED) is 0.0222. The van der Waals surface area contributed by atoms with Gasteiger partial charge in [-0.3, -0.25) is 37.3 Å². The fourth-order valence-electron chi connectivity index (χ4n) is 11.8. The Morgan fingerprint density at radius 2 is 0.479 bits per heavy atom. The van der Waals surface area contributed by atoms with Crippen molar-refractivity contribution in [1.82, 2.24) is 0 Å². The van der Waals surface area contributed by atoms with Crippen molar-refractivity contribution in [2.75, 3.05) is 39.6 Å². The first kappa shape index (κ1) is 94.1. The molecule has 0 aromatic carbocycles. The molecule has 0 heterocycles. The van der Waals surface area contributed by atoms with Crippen molar-refractivity contribution in [3.8, 4) is 0 Å². The number of aliphatic hydroxyl groups excluding tert-OH is 1. The minimum absolute atomic E-state index is 0.102. The minimum Gasteiger partial charge on any atom is -0.462 e. The van der Waals surface area contributed by atoms with Gasteiger partial charge in [-0.1, -0.05) is 350 Å². The van der Waals surface area contributed by atoms with E-state index in [-0.39, 0.29) is 25.7 Å². The number of carbonyl (C=O) groups is 4. The van der Waals surface area contributed by atoms with Gasteiger partial charge < -0.3 is 33.8 Å². The van der Waals surface area contributed by atoms with Crippen molar-refractivity contribution in [2.24, 2.45) is 11.8 Å². The van der Waals surface area contributed by atoms with Crippen LogP contribution in [0.2, 0.25) is 0 Å². The summed E-state index contributed by atoms with van der Waals surface area (Å²) in [7, 11) is -9.91. The van der Waals surface area contributed by atoms with Crippen LogP contribution in [0.5, 0.6) is 0 Å². The maximum atomic E-state index is 13.1. The maximum Gasteiger partial charge on any atom is 0.472 e. The third kappa shape index (κ3) is 70.5. The van der Waals surface area contributed by atoms with Crippen LogP contribution < -0.4 is 0 Å². The SMILES string of the molecule is CCCCCCCCCCCCCCCCCCCCCCCC(=O)O[C@H](COC(=O)CCCCCCCCCCCCCCCCC(C)C)COP(=O)(O)OC[C@@H](O)COP(=O)(O)OC[C@@H](COC(=O)CCCCCCCCCCC)OC(=O)CCCCCCCCC(C)C. The molecule has 0 amide bonds. The van der Waals surface area contributed by atoms with Crippen molar-refractivity contribution in [1.29, 1.82) is 0 Å². The van der Waals surface area contributed by atoms with Crippen LogP contribution in [0.1, 0.15) is 401 Å². The van der Waals surface area contributed by atoms with E-state index < -0.39 is 97.5 Å². The van der Waals surface area contributed by atoms with Crippen molar-refractivity contribution in [3.05, 3.63) is 0 Å². The van der Waals surface area contributed by atoms with Gasteiger partial charge in [-0.15, -0.1) is 0 Å². The Morgan fingerprint density at radius 3 is 0.708 bits per heavy atom. The summed E-state index contributed by atoms with van der Waals surface area (Å²) in [5.74, 6) is -0.653. The molecule has 0 spiro atoms. The standard InChI is InChI=1S/C77H150O17P2/c1-7-9-11-13-15-17-18-19-20-21-22-23-24-25-26-31-34-38-42-49-55-61-76(81)93-72(65-88-75(80)60-54-48-41-37-33-30-28-27-29-32-36-39-45-51-57-69(3)4)67-91-95(83,84)89-63-71(78)64-90-96(85,86)92-68-73(94-77(82)62-56-50-44-43-46-52-58-70(5)6)66-87-74(79)59-53-47-40-35-16-14-12-10-8-2/h69-73,78H,7-68H2,1-6H3,(H,83,84)(H,85,86)/t71-,72-,73-/m1/s1. The van der Waals surface area contributed by atoms with Crippen molar-refractivity contribution in [3.63, 3.8) is 0 Å². The average Bonchev–Trinajstić information content (AvgIpc) is 1.57. The van der Waals surface area contributed by atoms with Gasteiger partial charge in [-0.25, -0.2) is 9.13 Å². The van der Waals surface area contributed by atoms with E-state index in [0.717, 1.165) is 95.8 Å². The fraction of sp³-hybridized carbons (Fsp3) is 0.948. The predicted octanol–water partition coefficient (Wildman–Crippen LogP) is 22.7. The Labute approximate surface area is 588 Å². The number of hydrogen-bond donors (Lipinski definition) is 3. The highest BCUT2D eigenvalue weighted by Crippen LogP contribution is 2.45. The number of esters is 4. The molecule has 0 aliphatic carbocycles. The molecule has 0 aliphatic heterocycles. The van der Waals surface area contributed by atoms with E-state index in [0.29, 0.717) is 31.6 Å². The smallest absolute Gasteiger partial charge is 0.462 e. The molecule has 0 saturated carbocycles. The van der Waals surface area contributed by atoms with Gasteiger partial charge in [0.05, 0.1) is 26.4 Å². The van der Waals surface area contributed by atoms with Gasteiger partial charge in [0.25, 0.3) is 0 Å². The molecule has 5 atom stereocenters. The highest BCUT2D eigenvalue weighted by Gasteiger charge is 2.30. The molecule has 0 radical (unpaired) electrons. The summed E-state index contributed by atoms with van der Waals surface area (Å²) in [6.45, 7) is 9.51. The molecular formula is C77H150O17P2. The number of hydrogen-bond acceptors (Lipinski definition) is 15. The molecule has 0 bridgehead atoms. The van der Waals surface area contributed by atoms with Gasteiger partial charge in [0.1, 0.15) is 19.3 Å². The average molecular weight is 1410 g/mol. The lowest BCUT2D eigenvalue weighted by Gasteiger charge is -2.21. The van der Waals surface area contributed by atoms with E-state index in [2.05, 4.69) is 41.5 Å². The lowest BCUT2D eigenvalue weighted by molar-refractivity contribution is -0.161. The second-order valence-corrected chi connectivity index (χ2v) is 31.6. The van der Waals surface area contributed by atoms with Crippen LogP contribution >= 0.6 is 15.6 Å². The van der Waals surface area contributed by atoms with Crippen LogP contribution in [0.3, 0.4) is 0 Å². The van der Waals surface area contributed by atoms with E-state index in [1.165, 1.54) is 218 Å². The number of carbonyl (C=O) groups excluding carboxylic acids is 4. The van der Waals surface area contributed by atoms with Gasteiger partial charge in [-0.05, 0) is 37.5 Å². The Kier molecular flexibility index (Phi) is 67.4. The summed E-state index contributed by atoms with van der Waals surface area (Å²) in [6, 6.07) is 0. The first-order valence-corrected chi connectivity index (χ1v) is 43.0. The van der Waals surface area contributed by atoms with Gasteiger partial charge in [0.15, 0.2) is 12.2 Å². The second kappa shape index (κ2) is 68.8. The molecule has 0 fully saturated rings. The summed E-state index contributed by atoms with van der Waals surface area (Å²) in [5, 5.41) is 10.6. The number of rotatable bonds is 76. The lowest BCUT2D eigenvalue weighted by atomic mass is 10.0. The Hall–Kier alpha value is -1.94. The molecule has 2 unspecified atom stereocenters. The van der Waals surface area contributed by atoms with Gasteiger partial charge in [0, 0.05) is 25.7 Å². The van der Waals surface area contributed by atoms with Crippen molar-refractivity contribution in [2.45, 2.75) is 419 Å². The van der Waals surface area contributed by atoms with Crippen LogP contribution in [-0.2, 0) is 65.4 Å². The van der Waals surface area contributed by atoms with Gasteiger partial charge in [-0.2, -0.15) is 0 Å². The van der Waals surface area contributed by atoms with Crippen LogP contribution in [0, 0.1) is 11.8 Å². The van der Waals surface area contributed by atoms with Crippen LogP contribution in [-0.4, -0.2) is 96.7 Å². The molecule has 3 N–H and O–H groups in total. The van der Waals surface area contributed by atoms with Crippen LogP contribution in [0.4, 0.5) is 0 Å². The Morgan fingerprint density at radius 1 is 0.281 bits per heavy atom. The fourth-order valence-corrected chi connectivity index (χ4v) is 13.4. The Bertz CT molecular complexity index is 1860. The summed E-state index contributed by atoms with van der Waals surface area (Å²) in [6.07, 6.45) is 57.3. The molecular weight excluding hydrogens is 1260 g/mol. The molecule has 17 nitrogen and oxygen atoms in total. The van der Waals surface area contributed by atoms with E-state index in [9.17, 15) is 43.2 Å². The van der Waals surface area contributed by atoms with E-state index >= 15 is 0 Å². The van der Waals surface area contributed by atoms with E-state index in [1.54, 1.807) is 0 Å². The lowest BCUT2D eigenvalue weighted by Crippen LogP contribution is -2.30. The molecule has 96 heavy (non-hydrogen) atoms. The van der Waals surface area contributed by atoms with Crippen molar-refractivity contribution >= 4 is 39.5 Å². The van der Waals surface area contributed by atoms with Crippen LogP contribution in [0.15, 0.2) is 0 Å². The monoisotopic (exact) mass is 1410 g/mol. The third-order valence-electron chi connectivity index (χ3n) is 18.0. The largest absolute Gasteiger partial charge is 0.472 e. The zero-order chi connectivity index (χ0) is 70.7. The first-order valence-electron chi connectivity index (χ1n) is 40.0. The summed E-state index contributed by atoms with van der Waals surface area (Å²) >= 11 is 0. The number of ether oxygens (including phenoxy) is 4. The highest BCUT2D eigenvalue weighted by molar-refractivity contribution is 7.47. The minimum atomic E-state index is -4.96. The van der Waals surface area contributed by atoms with E-state index in [4.69, 9.17) is 37.0 Å².